The molecule has 0 unspecified atom stereocenters. The van der Waals surface area contributed by atoms with Crippen molar-refractivity contribution in [3.63, 3.8) is 0 Å². The molecule has 4 N–H and O–H groups in total. The molecule has 0 saturated carbocycles. The van der Waals surface area contributed by atoms with Gasteiger partial charge in [0.15, 0.2) is 0 Å². The van der Waals surface area contributed by atoms with Crippen LogP contribution in [0.25, 0.3) is 10.8 Å². The first-order chi connectivity index (χ1) is 9.63. The number of nitrogens with two attached hydrogens (primary N) is 1. The Morgan fingerprint density at radius 1 is 1.25 bits per heavy atom. The van der Waals surface area contributed by atoms with E-state index in [1.165, 1.54) is 6.20 Å². The number of anilines is 1. The van der Waals surface area contributed by atoms with Crippen molar-refractivity contribution >= 4 is 28.4 Å². The van der Waals surface area contributed by atoms with E-state index in [1.54, 1.807) is 7.05 Å². The second-order valence-electron chi connectivity index (χ2n) is 4.29. The number of carbonyl (C=O) groups excluding carboxylic acids is 2. The predicted octanol–water partition coefficient (Wildman–Crippen LogP) is 0.882. The minimum atomic E-state index is -0.446. The molecule has 2 rings (SSSR count). The maximum atomic E-state index is 12.1. The van der Waals surface area contributed by atoms with Gasteiger partial charge in [-0.3, -0.25) is 9.59 Å². The average Bonchev–Trinajstić information content (AvgIpc) is 2.45. The lowest BCUT2D eigenvalue weighted by Gasteiger charge is -2.10. The number of hydrogen-bond donors (Lipinski definition) is 3. The van der Waals surface area contributed by atoms with Crippen LogP contribution in [-0.2, 0) is 4.79 Å². The van der Waals surface area contributed by atoms with E-state index >= 15 is 0 Å². The molecular formula is C14H16N4O2. The Labute approximate surface area is 116 Å². The largest absolute Gasteiger partial charge is 0.373 e. The first-order valence-corrected chi connectivity index (χ1v) is 6.25. The summed E-state index contributed by atoms with van der Waals surface area (Å²) in [5.41, 5.74) is 5.51. The van der Waals surface area contributed by atoms with Crippen molar-refractivity contribution < 1.29 is 9.59 Å². The standard InChI is InChI=1S/C14H16N4O2/c1-16-13-10-5-3-2-4-9(10)11(8-18-13)14(20)17-7-6-12(15)19/h2-5,8H,6-7H2,1H3,(H2,15,19)(H,16,18)(H,17,20). The molecule has 0 aliphatic rings. The van der Waals surface area contributed by atoms with Gasteiger partial charge >= 0.3 is 0 Å². The van der Waals surface area contributed by atoms with Gasteiger partial charge in [-0.25, -0.2) is 4.98 Å². The van der Waals surface area contributed by atoms with Crippen molar-refractivity contribution in [2.24, 2.45) is 5.73 Å². The number of carbonyl (C=O) groups is 2. The zero-order valence-corrected chi connectivity index (χ0v) is 11.1. The number of aromatic nitrogens is 1. The molecule has 2 aromatic rings. The van der Waals surface area contributed by atoms with Crippen LogP contribution in [0.4, 0.5) is 5.82 Å². The molecule has 0 radical (unpaired) electrons. The fourth-order valence-electron chi connectivity index (χ4n) is 1.97. The minimum absolute atomic E-state index is 0.117. The second-order valence-corrected chi connectivity index (χ2v) is 4.29. The Balaban J connectivity index is 2.30. The van der Waals surface area contributed by atoms with Crippen LogP contribution in [0.1, 0.15) is 16.8 Å². The molecule has 0 spiro atoms. The lowest BCUT2D eigenvalue weighted by molar-refractivity contribution is -0.117. The Hall–Kier alpha value is -2.63. The summed E-state index contributed by atoms with van der Waals surface area (Å²) in [6.45, 7) is 0.219. The SMILES string of the molecule is CNc1ncc(C(=O)NCCC(N)=O)c2ccccc12. The topological polar surface area (TPSA) is 97.1 Å². The molecule has 1 aromatic heterocycles. The van der Waals surface area contributed by atoms with Crippen LogP contribution in [0.5, 0.6) is 0 Å². The fourth-order valence-corrected chi connectivity index (χ4v) is 1.97. The van der Waals surface area contributed by atoms with E-state index in [2.05, 4.69) is 15.6 Å². The van der Waals surface area contributed by atoms with Gasteiger partial charge in [0.1, 0.15) is 5.82 Å². The Morgan fingerprint density at radius 2 is 1.95 bits per heavy atom. The van der Waals surface area contributed by atoms with E-state index in [-0.39, 0.29) is 18.9 Å². The van der Waals surface area contributed by atoms with Crippen LogP contribution in [0.3, 0.4) is 0 Å². The van der Waals surface area contributed by atoms with Crippen molar-refractivity contribution in [3.05, 3.63) is 36.0 Å². The van der Waals surface area contributed by atoms with Gasteiger partial charge in [0.05, 0.1) is 5.56 Å². The van der Waals surface area contributed by atoms with Crippen LogP contribution in [0, 0.1) is 0 Å². The highest BCUT2D eigenvalue weighted by atomic mass is 16.2. The van der Waals surface area contributed by atoms with Gasteiger partial charge in [-0.2, -0.15) is 0 Å². The number of pyridine rings is 1. The molecule has 6 heteroatoms. The van der Waals surface area contributed by atoms with E-state index in [4.69, 9.17) is 5.73 Å². The van der Waals surface area contributed by atoms with E-state index < -0.39 is 5.91 Å². The number of nitrogens with zero attached hydrogens (tertiary/aromatic N) is 1. The van der Waals surface area contributed by atoms with Crippen LogP contribution in [-0.4, -0.2) is 30.4 Å². The van der Waals surface area contributed by atoms with Crippen molar-refractivity contribution in [1.29, 1.82) is 0 Å². The second kappa shape index (κ2) is 6.01. The van der Waals surface area contributed by atoms with Crippen LogP contribution in [0.2, 0.25) is 0 Å². The van der Waals surface area contributed by atoms with E-state index in [9.17, 15) is 9.59 Å². The maximum Gasteiger partial charge on any atom is 0.253 e. The smallest absolute Gasteiger partial charge is 0.253 e. The summed E-state index contributed by atoms with van der Waals surface area (Å²) in [4.78, 5) is 27.0. The first kappa shape index (κ1) is 13.8. The molecule has 0 saturated heterocycles. The Kier molecular flexibility index (Phi) is 4.14. The third kappa shape index (κ3) is 2.85. The van der Waals surface area contributed by atoms with Crippen molar-refractivity contribution in [2.45, 2.75) is 6.42 Å². The lowest BCUT2D eigenvalue weighted by atomic mass is 10.1. The van der Waals surface area contributed by atoms with Gasteiger partial charge in [0.2, 0.25) is 5.91 Å². The molecule has 0 fully saturated rings. The summed E-state index contributed by atoms with van der Waals surface area (Å²) < 4.78 is 0. The zero-order chi connectivity index (χ0) is 14.5. The van der Waals surface area contributed by atoms with Crippen LogP contribution in [0.15, 0.2) is 30.5 Å². The number of benzene rings is 1. The average molecular weight is 272 g/mol. The normalized spacial score (nSPS) is 10.2. The highest BCUT2D eigenvalue weighted by Crippen LogP contribution is 2.23. The highest BCUT2D eigenvalue weighted by Gasteiger charge is 2.12. The molecule has 0 bridgehead atoms. The van der Waals surface area contributed by atoms with E-state index in [0.717, 1.165) is 10.8 Å². The number of hydrogen-bond acceptors (Lipinski definition) is 4. The van der Waals surface area contributed by atoms with E-state index in [1.807, 2.05) is 24.3 Å². The third-order valence-electron chi connectivity index (χ3n) is 2.93. The molecule has 0 atom stereocenters. The number of rotatable bonds is 5. The van der Waals surface area contributed by atoms with Gasteiger partial charge in [-0.05, 0) is 5.39 Å². The molecule has 1 aromatic carbocycles. The van der Waals surface area contributed by atoms with Crippen molar-refractivity contribution in [2.75, 3.05) is 18.9 Å². The fraction of sp³-hybridized carbons (Fsp3) is 0.214. The zero-order valence-electron chi connectivity index (χ0n) is 11.1. The molecule has 0 aliphatic carbocycles. The predicted molar refractivity (Wildman–Crippen MR) is 77.4 cm³/mol. The summed E-state index contributed by atoms with van der Waals surface area (Å²) in [5, 5.41) is 7.33. The molecular weight excluding hydrogens is 256 g/mol. The van der Waals surface area contributed by atoms with E-state index in [0.29, 0.717) is 11.4 Å². The monoisotopic (exact) mass is 272 g/mol. The highest BCUT2D eigenvalue weighted by molar-refractivity contribution is 6.09. The van der Waals surface area contributed by atoms with Crippen molar-refractivity contribution in [3.8, 4) is 0 Å². The first-order valence-electron chi connectivity index (χ1n) is 6.25. The molecule has 20 heavy (non-hydrogen) atoms. The van der Waals surface area contributed by atoms with Crippen LogP contribution >= 0.6 is 0 Å². The Morgan fingerprint density at radius 3 is 2.60 bits per heavy atom. The molecule has 0 aliphatic heterocycles. The molecule has 104 valence electrons. The molecule has 2 amide bonds. The van der Waals surface area contributed by atoms with Crippen LogP contribution < -0.4 is 16.4 Å². The summed E-state index contributed by atoms with van der Waals surface area (Å²) >= 11 is 0. The summed E-state index contributed by atoms with van der Waals surface area (Å²) in [5.74, 6) is 0.00528. The number of fused-ring (bicyclic) bond motifs is 1. The number of nitrogens with one attached hydrogen (secondary N) is 2. The summed E-state index contributed by atoms with van der Waals surface area (Å²) in [7, 11) is 1.78. The molecule has 6 nitrogen and oxygen atoms in total. The number of amides is 2. The molecule has 1 heterocycles. The van der Waals surface area contributed by atoms with Gasteiger partial charge in [-0.1, -0.05) is 24.3 Å². The Bertz CT molecular complexity index is 655. The quantitative estimate of drug-likeness (QED) is 0.752. The summed E-state index contributed by atoms with van der Waals surface area (Å²) in [6.07, 6.45) is 1.64. The lowest BCUT2D eigenvalue weighted by Crippen LogP contribution is -2.28. The van der Waals surface area contributed by atoms with Crippen molar-refractivity contribution in [1.82, 2.24) is 10.3 Å². The van der Waals surface area contributed by atoms with Gasteiger partial charge in [0, 0.05) is 31.6 Å². The van der Waals surface area contributed by atoms with Gasteiger partial charge in [-0.15, -0.1) is 0 Å². The summed E-state index contributed by atoms with van der Waals surface area (Å²) in [6, 6.07) is 7.51. The van der Waals surface area contributed by atoms with Gasteiger partial charge in [0.25, 0.3) is 5.91 Å². The maximum absolute atomic E-state index is 12.1. The van der Waals surface area contributed by atoms with Gasteiger partial charge < -0.3 is 16.4 Å². The minimum Gasteiger partial charge on any atom is -0.373 e. The third-order valence-corrected chi connectivity index (χ3v) is 2.93. The number of primary amides is 1.